The van der Waals surface area contributed by atoms with Crippen molar-refractivity contribution in [3.05, 3.63) is 77.7 Å². The fourth-order valence-corrected chi connectivity index (χ4v) is 4.55. The first-order valence-electron chi connectivity index (χ1n) is 10.00. The van der Waals surface area contributed by atoms with Gasteiger partial charge in [-0.3, -0.25) is 9.59 Å². The van der Waals surface area contributed by atoms with Gasteiger partial charge >= 0.3 is 0 Å². The molecule has 0 aliphatic heterocycles. The molecule has 0 aliphatic carbocycles. The van der Waals surface area contributed by atoms with E-state index < -0.39 is 0 Å². The molecule has 2 heterocycles. The van der Waals surface area contributed by atoms with Crippen LogP contribution in [-0.4, -0.2) is 32.3 Å². The van der Waals surface area contributed by atoms with Crippen LogP contribution in [0, 0.1) is 0 Å². The fraction of sp³-hybridized carbons (Fsp3) is 0.130. The molecule has 4 rings (SSSR count). The van der Waals surface area contributed by atoms with Crippen LogP contribution in [0.3, 0.4) is 0 Å². The average Bonchev–Trinajstić information content (AvgIpc) is 3.49. The van der Waals surface area contributed by atoms with Gasteiger partial charge in [-0.25, -0.2) is 0 Å². The number of thiophene rings is 1. The molecular formula is C23H21N5O2S2. The molecule has 0 aliphatic rings. The molecule has 0 bridgehead atoms. The Morgan fingerprint density at radius 2 is 1.66 bits per heavy atom. The number of hydrogen-bond donors (Lipinski definition) is 2. The van der Waals surface area contributed by atoms with Crippen molar-refractivity contribution in [3.8, 4) is 10.7 Å². The second kappa shape index (κ2) is 10.3. The first kappa shape index (κ1) is 21.8. The summed E-state index contributed by atoms with van der Waals surface area (Å²) < 4.78 is 2.01. The van der Waals surface area contributed by atoms with Crippen LogP contribution in [0.15, 0.2) is 77.3 Å². The third-order valence-corrected chi connectivity index (χ3v) is 6.40. The Balaban J connectivity index is 1.31. The number of aromatic nitrogens is 3. The number of carbonyl (C=O) groups is 2. The highest BCUT2D eigenvalue weighted by atomic mass is 32.2. The Morgan fingerprint density at radius 1 is 0.938 bits per heavy atom. The molecule has 162 valence electrons. The summed E-state index contributed by atoms with van der Waals surface area (Å²) in [5, 5.41) is 17.0. The highest BCUT2D eigenvalue weighted by Gasteiger charge is 2.15. The van der Waals surface area contributed by atoms with Crippen LogP contribution in [-0.2, 0) is 11.3 Å². The smallest absolute Gasteiger partial charge is 0.255 e. The molecular weight excluding hydrogens is 442 g/mol. The number of carbonyl (C=O) groups excluding carboxylic acids is 2. The number of hydrogen-bond acceptors (Lipinski definition) is 6. The molecule has 2 N–H and O–H groups in total. The monoisotopic (exact) mass is 463 g/mol. The van der Waals surface area contributed by atoms with E-state index in [0.717, 1.165) is 17.2 Å². The van der Waals surface area contributed by atoms with E-state index in [0.29, 0.717) is 22.1 Å². The number of nitrogens with one attached hydrogen (secondary N) is 2. The normalized spacial score (nSPS) is 10.7. The Hall–Kier alpha value is -3.43. The van der Waals surface area contributed by atoms with Crippen LogP contribution >= 0.6 is 23.1 Å². The van der Waals surface area contributed by atoms with Gasteiger partial charge in [-0.15, -0.1) is 21.5 Å². The summed E-state index contributed by atoms with van der Waals surface area (Å²) in [6, 6.07) is 20.0. The maximum atomic E-state index is 12.4. The van der Waals surface area contributed by atoms with Crippen molar-refractivity contribution in [1.29, 1.82) is 0 Å². The summed E-state index contributed by atoms with van der Waals surface area (Å²) in [6.45, 7) is 2.75. The maximum absolute atomic E-state index is 12.4. The van der Waals surface area contributed by atoms with Crippen molar-refractivity contribution >= 4 is 46.3 Å². The summed E-state index contributed by atoms with van der Waals surface area (Å²) in [5.41, 5.74) is 1.90. The molecule has 0 atom stereocenters. The highest BCUT2D eigenvalue weighted by molar-refractivity contribution is 7.99. The molecule has 4 aromatic rings. The second-order valence-corrected chi connectivity index (χ2v) is 8.65. The van der Waals surface area contributed by atoms with Gasteiger partial charge in [0.15, 0.2) is 11.0 Å². The van der Waals surface area contributed by atoms with Crippen molar-refractivity contribution in [3.63, 3.8) is 0 Å². The van der Waals surface area contributed by atoms with Gasteiger partial charge in [0.25, 0.3) is 5.91 Å². The molecule has 2 aromatic heterocycles. The lowest BCUT2D eigenvalue weighted by molar-refractivity contribution is -0.113. The van der Waals surface area contributed by atoms with Crippen molar-refractivity contribution in [1.82, 2.24) is 14.8 Å². The minimum Gasteiger partial charge on any atom is -0.325 e. The molecule has 0 spiro atoms. The standard InChI is InChI=1S/C23H21N5O2S2/c1-2-28-21(19-9-6-14-31-19)26-27-23(28)32-15-20(29)24-17-10-12-18(13-11-17)25-22(30)16-7-4-3-5-8-16/h3-14H,2,15H2,1H3,(H,24,29)(H,25,30). The first-order valence-corrected chi connectivity index (χ1v) is 11.9. The Kier molecular flexibility index (Phi) is 6.98. The van der Waals surface area contributed by atoms with Gasteiger partial charge in [0.05, 0.1) is 10.6 Å². The van der Waals surface area contributed by atoms with Gasteiger partial charge in [0.1, 0.15) is 0 Å². The Morgan fingerprint density at radius 3 is 2.31 bits per heavy atom. The van der Waals surface area contributed by atoms with Crippen LogP contribution in [0.25, 0.3) is 10.7 Å². The molecule has 0 fully saturated rings. The molecule has 32 heavy (non-hydrogen) atoms. The molecule has 9 heteroatoms. The predicted octanol–water partition coefficient (Wildman–Crippen LogP) is 5.01. The van der Waals surface area contributed by atoms with Gasteiger partial charge in [-0.1, -0.05) is 36.0 Å². The molecule has 2 aromatic carbocycles. The van der Waals surface area contributed by atoms with E-state index in [2.05, 4.69) is 20.8 Å². The van der Waals surface area contributed by atoms with E-state index in [1.807, 2.05) is 47.2 Å². The SMILES string of the molecule is CCn1c(SCC(=O)Nc2ccc(NC(=O)c3ccccc3)cc2)nnc1-c1cccs1. The number of benzene rings is 2. The molecule has 0 saturated heterocycles. The third-order valence-electron chi connectivity index (χ3n) is 4.57. The lowest BCUT2D eigenvalue weighted by Crippen LogP contribution is -2.15. The van der Waals surface area contributed by atoms with Gasteiger partial charge in [-0.2, -0.15) is 0 Å². The van der Waals surface area contributed by atoms with Crippen molar-refractivity contribution in [2.45, 2.75) is 18.6 Å². The van der Waals surface area contributed by atoms with Gasteiger partial charge in [-0.05, 0) is 54.8 Å². The van der Waals surface area contributed by atoms with Crippen LogP contribution in [0.4, 0.5) is 11.4 Å². The van der Waals surface area contributed by atoms with Crippen LogP contribution in [0.5, 0.6) is 0 Å². The van der Waals surface area contributed by atoms with E-state index in [9.17, 15) is 9.59 Å². The minimum absolute atomic E-state index is 0.139. The van der Waals surface area contributed by atoms with E-state index in [4.69, 9.17) is 0 Å². The van der Waals surface area contributed by atoms with Crippen LogP contribution in [0.2, 0.25) is 0 Å². The number of thioether (sulfide) groups is 1. The molecule has 0 saturated carbocycles. The number of anilines is 2. The molecule has 2 amide bonds. The highest BCUT2D eigenvalue weighted by Crippen LogP contribution is 2.27. The quantitative estimate of drug-likeness (QED) is 0.359. The van der Waals surface area contributed by atoms with E-state index >= 15 is 0 Å². The maximum Gasteiger partial charge on any atom is 0.255 e. The number of amides is 2. The molecule has 0 unspecified atom stereocenters. The van der Waals surface area contributed by atoms with Gasteiger partial charge in [0.2, 0.25) is 5.91 Å². The second-order valence-electron chi connectivity index (χ2n) is 6.76. The number of rotatable bonds is 8. The summed E-state index contributed by atoms with van der Waals surface area (Å²) in [5.74, 6) is 0.716. The van der Waals surface area contributed by atoms with Crippen molar-refractivity contribution in [2.75, 3.05) is 16.4 Å². The average molecular weight is 464 g/mol. The largest absolute Gasteiger partial charge is 0.325 e. The van der Waals surface area contributed by atoms with Gasteiger partial charge in [0, 0.05) is 23.5 Å². The number of nitrogens with zero attached hydrogens (tertiary/aromatic N) is 3. The Labute approximate surface area is 193 Å². The summed E-state index contributed by atoms with van der Waals surface area (Å²) in [7, 11) is 0. The summed E-state index contributed by atoms with van der Waals surface area (Å²) in [4.78, 5) is 25.7. The topological polar surface area (TPSA) is 88.9 Å². The lowest BCUT2D eigenvalue weighted by Gasteiger charge is -2.09. The van der Waals surface area contributed by atoms with E-state index in [-0.39, 0.29) is 17.6 Å². The van der Waals surface area contributed by atoms with E-state index in [1.165, 1.54) is 11.8 Å². The summed E-state index contributed by atoms with van der Waals surface area (Å²) in [6.07, 6.45) is 0. The van der Waals surface area contributed by atoms with E-state index in [1.54, 1.807) is 47.7 Å². The molecule has 0 radical (unpaired) electrons. The zero-order chi connectivity index (χ0) is 22.3. The minimum atomic E-state index is -0.180. The van der Waals surface area contributed by atoms with Crippen LogP contribution in [0.1, 0.15) is 17.3 Å². The fourth-order valence-electron chi connectivity index (χ4n) is 3.03. The zero-order valence-electron chi connectivity index (χ0n) is 17.3. The summed E-state index contributed by atoms with van der Waals surface area (Å²) >= 11 is 2.96. The molecule has 7 nitrogen and oxygen atoms in total. The third kappa shape index (κ3) is 5.24. The predicted molar refractivity (Wildman–Crippen MR) is 129 cm³/mol. The first-order chi connectivity index (χ1) is 15.6. The van der Waals surface area contributed by atoms with Crippen LogP contribution < -0.4 is 10.6 Å². The Bertz CT molecular complexity index is 1190. The zero-order valence-corrected chi connectivity index (χ0v) is 19.0. The lowest BCUT2D eigenvalue weighted by atomic mass is 10.2. The van der Waals surface area contributed by atoms with Crippen molar-refractivity contribution < 1.29 is 9.59 Å². The van der Waals surface area contributed by atoms with Crippen molar-refractivity contribution in [2.24, 2.45) is 0 Å². The van der Waals surface area contributed by atoms with Gasteiger partial charge < -0.3 is 15.2 Å².